The summed E-state index contributed by atoms with van der Waals surface area (Å²) < 4.78 is 0. The van der Waals surface area contributed by atoms with Crippen molar-refractivity contribution in [2.24, 2.45) is 5.73 Å². The highest BCUT2D eigenvalue weighted by molar-refractivity contribution is 5.75. The van der Waals surface area contributed by atoms with E-state index in [1.807, 2.05) is 14.1 Å². The van der Waals surface area contributed by atoms with Crippen molar-refractivity contribution in [3.05, 3.63) is 0 Å². The van der Waals surface area contributed by atoms with Gasteiger partial charge in [-0.3, -0.25) is 9.69 Å². The van der Waals surface area contributed by atoms with Gasteiger partial charge in [-0.15, -0.1) is 0 Å². The van der Waals surface area contributed by atoms with Crippen LogP contribution in [0.5, 0.6) is 0 Å². The van der Waals surface area contributed by atoms with Crippen LogP contribution in [-0.2, 0) is 4.79 Å². The molecule has 1 rings (SSSR count). The highest BCUT2D eigenvalue weighted by Crippen LogP contribution is 2.10. The number of piperazine rings is 1. The molecule has 0 aliphatic carbocycles. The van der Waals surface area contributed by atoms with Gasteiger partial charge in [0.05, 0.1) is 0 Å². The van der Waals surface area contributed by atoms with E-state index in [9.17, 15) is 4.79 Å². The molecule has 2 N–H and O–H groups in total. The normalized spacial score (nSPS) is 19.4. The average molecular weight is 270 g/mol. The zero-order valence-corrected chi connectivity index (χ0v) is 12.8. The maximum atomic E-state index is 11.6. The van der Waals surface area contributed by atoms with Crippen LogP contribution in [0.4, 0.5) is 0 Å². The average Bonchev–Trinajstić information content (AvgIpc) is 2.42. The first kappa shape index (κ1) is 16.4. The smallest absolute Gasteiger partial charge is 0.223 e. The minimum Gasteiger partial charge on any atom is -0.349 e. The monoisotopic (exact) mass is 270 g/mol. The lowest BCUT2D eigenvalue weighted by atomic mass is 10.1. The van der Waals surface area contributed by atoms with E-state index in [4.69, 9.17) is 5.73 Å². The Hall–Kier alpha value is -0.650. The molecule has 0 bridgehead atoms. The minimum atomic E-state index is 0.216. The lowest BCUT2D eigenvalue weighted by Crippen LogP contribution is -2.52. The molecule has 1 aliphatic heterocycles. The van der Waals surface area contributed by atoms with Crippen LogP contribution < -0.4 is 5.73 Å². The Kier molecular flexibility index (Phi) is 7.34. The van der Waals surface area contributed by atoms with Crippen molar-refractivity contribution in [3.8, 4) is 0 Å². The fraction of sp³-hybridized carbons (Fsp3) is 0.929. The van der Waals surface area contributed by atoms with Crippen molar-refractivity contribution >= 4 is 5.91 Å². The van der Waals surface area contributed by atoms with Crippen molar-refractivity contribution in [3.63, 3.8) is 0 Å². The minimum absolute atomic E-state index is 0.216. The van der Waals surface area contributed by atoms with Gasteiger partial charge < -0.3 is 15.5 Å². The summed E-state index contributed by atoms with van der Waals surface area (Å²) in [4.78, 5) is 18.1. The third-order valence-corrected chi connectivity index (χ3v) is 3.96. The Labute approximate surface area is 117 Å². The van der Waals surface area contributed by atoms with Crippen LogP contribution >= 0.6 is 0 Å². The maximum absolute atomic E-state index is 11.6. The molecule has 0 aromatic carbocycles. The molecule has 0 spiro atoms. The van der Waals surface area contributed by atoms with Crippen LogP contribution in [0.15, 0.2) is 0 Å². The highest BCUT2D eigenvalue weighted by atomic mass is 16.2. The summed E-state index contributed by atoms with van der Waals surface area (Å²) in [5.74, 6) is 0.216. The van der Waals surface area contributed by atoms with E-state index in [0.29, 0.717) is 12.5 Å². The number of carbonyl (C=O) groups excluding carboxylic acids is 1. The standard InChI is InChI=1S/C14H30N4O/c1-4-5-13(12-15)18-10-8-17(9-11-18)7-6-14(19)16(2)3/h13H,4-12,15H2,1-3H3. The first-order chi connectivity index (χ1) is 9.08. The molecule has 1 unspecified atom stereocenters. The lowest BCUT2D eigenvalue weighted by molar-refractivity contribution is -0.129. The van der Waals surface area contributed by atoms with Gasteiger partial charge in [0.2, 0.25) is 5.91 Å². The summed E-state index contributed by atoms with van der Waals surface area (Å²) in [6.07, 6.45) is 3.01. The molecular formula is C14H30N4O. The van der Waals surface area contributed by atoms with Crippen LogP contribution in [0, 0.1) is 0 Å². The molecule has 0 radical (unpaired) electrons. The van der Waals surface area contributed by atoms with Crippen molar-refractivity contribution in [2.75, 3.05) is 53.4 Å². The molecule has 0 aromatic heterocycles. The number of amides is 1. The summed E-state index contributed by atoms with van der Waals surface area (Å²) in [5.41, 5.74) is 5.85. The number of nitrogens with zero attached hydrogens (tertiary/aromatic N) is 3. The van der Waals surface area contributed by atoms with Crippen LogP contribution in [0.3, 0.4) is 0 Å². The number of carbonyl (C=O) groups is 1. The summed E-state index contributed by atoms with van der Waals surface area (Å²) in [6, 6.07) is 0.538. The fourth-order valence-corrected chi connectivity index (χ4v) is 2.61. The SMILES string of the molecule is CCCC(CN)N1CCN(CCC(=O)N(C)C)CC1. The predicted octanol–water partition coefficient (Wildman–Crippen LogP) is 0.210. The molecule has 1 atom stereocenters. The van der Waals surface area contributed by atoms with E-state index in [-0.39, 0.29) is 5.91 Å². The third kappa shape index (κ3) is 5.47. The topological polar surface area (TPSA) is 52.8 Å². The predicted molar refractivity (Wildman–Crippen MR) is 79.1 cm³/mol. The van der Waals surface area contributed by atoms with Gasteiger partial charge in [0.1, 0.15) is 0 Å². The molecule has 5 nitrogen and oxygen atoms in total. The molecule has 1 aliphatic rings. The molecular weight excluding hydrogens is 240 g/mol. The van der Waals surface area contributed by atoms with Gasteiger partial charge in [-0.2, -0.15) is 0 Å². The van der Waals surface area contributed by atoms with Gasteiger partial charge in [-0.1, -0.05) is 13.3 Å². The second-order valence-corrected chi connectivity index (χ2v) is 5.59. The Balaban J connectivity index is 2.26. The molecule has 1 fully saturated rings. The molecule has 19 heavy (non-hydrogen) atoms. The lowest BCUT2D eigenvalue weighted by Gasteiger charge is -2.39. The maximum Gasteiger partial charge on any atom is 0.223 e. The van der Waals surface area contributed by atoms with E-state index in [1.165, 1.54) is 12.8 Å². The zero-order chi connectivity index (χ0) is 14.3. The molecule has 5 heteroatoms. The van der Waals surface area contributed by atoms with Gasteiger partial charge in [-0.05, 0) is 6.42 Å². The largest absolute Gasteiger partial charge is 0.349 e. The first-order valence-corrected chi connectivity index (χ1v) is 7.45. The van der Waals surface area contributed by atoms with Crippen LogP contribution in [0.1, 0.15) is 26.2 Å². The number of hydrogen-bond acceptors (Lipinski definition) is 4. The number of nitrogens with two attached hydrogens (primary N) is 1. The summed E-state index contributed by atoms with van der Waals surface area (Å²) in [6.45, 7) is 8.13. The van der Waals surface area contributed by atoms with Gasteiger partial charge in [-0.25, -0.2) is 0 Å². The van der Waals surface area contributed by atoms with Gasteiger partial charge in [0.15, 0.2) is 0 Å². The third-order valence-electron chi connectivity index (χ3n) is 3.96. The highest BCUT2D eigenvalue weighted by Gasteiger charge is 2.22. The molecule has 1 saturated heterocycles. The van der Waals surface area contributed by atoms with Crippen LogP contribution in [0.25, 0.3) is 0 Å². The van der Waals surface area contributed by atoms with Crippen LogP contribution in [-0.4, -0.2) is 80.0 Å². The van der Waals surface area contributed by atoms with Crippen LogP contribution in [0.2, 0.25) is 0 Å². The molecule has 1 amide bonds. The Morgan fingerprint density at radius 1 is 1.26 bits per heavy atom. The van der Waals surface area contributed by atoms with Gasteiger partial charge in [0.25, 0.3) is 0 Å². The quantitative estimate of drug-likeness (QED) is 0.718. The van der Waals surface area contributed by atoms with Gasteiger partial charge >= 0.3 is 0 Å². The van der Waals surface area contributed by atoms with E-state index < -0.39 is 0 Å². The van der Waals surface area contributed by atoms with E-state index in [0.717, 1.165) is 39.3 Å². The van der Waals surface area contributed by atoms with Gasteiger partial charge in [0, 0.05) is 65.8 Å². The number of hydrogen-bond donors (Lipinski definition) is 1. The second kappa shape index (κ2) is 8.51. The van der Waals surface area contributed by atoms with Crippen molar-refractivity contribution in [1.82, 2.24) is 14.7 Å². The van der Waals surface area contributed by atoms with Crippen molar-refractivity contribution < 1.29 is 4.79 Å². The van der Waals surface area contributed by atoms with Crippen molar-refractivity contribution in [1.29, 1.82) is 0 Å². The molecule has 0 aromatic rings. The Morgan fingerprint density at radius 2 is 1.89 bits per heavy atom. The van der Waals surface area contributed by atoms with Crippen molar-refractivity contribution in [2.45, 2.75) is 32.2 Å². The fourth-order valence-electron chi connectivity index (χ4n) is 2.61. The molecule has 0 saturated carbocycles. The van der Waals surface area contributed by atoms with E-state index >= 15 is 0 Å². The first-order valence-electron chi connectivity index (χ1n) is 7.45. The summed E-state index contributed by atoms with van der Waals surface area (Å²) >= 11 is 0. The molecule has 1 heterocycles. The summed E-state index contributed by atoms with van der Waals surface area (Å²) in [7, 11) is 3.63. The van der Waals surface area contributed by atoms with E-state index in [1.54, 1.807) is 4.90 Å². The zero-order valence-electron chi connectivity index (χ0n) is 12.8. The Bertz CT molecular complexity index is 262. The Morgan fingerprint density at radius 3 is 2.37 bits per heavy atom. The second-order valence-electron chi connectivity index (χ2n) is 5.59. The van der Waals surface area contributed by atoms with E-state index in [2.05, 4.69) is 16.7 Å². The summed E-state index contributed by atoms with van der Waals surface area (Å²) in [5, 5.41) is 0. The molecule has 112 valence electrons. The number of rotatable bonds is 7.